The minimum atomic E-state index is -5.23. The van der Waals surface area contributed by atoms with Crippen molar-refractivity contribution in [3.05, 3.63) is 40.6 Å². The Morgan fingerprint density at radius 3 is 2.27 bits per heavy atom. The number of rotatable bonds is 6. The lowest BCUT2D eigenvalue weighted by Crippen LogP contribution is -2.61. The highest BCUT2D eigenvalue weighted by Crippen LogP contribution is 2.39. The first-order valence-corrected chi connectivity index (χ1v) is 11.7. The Hall–Kier alpha value is -3.64. The zero-order valence-electron chi connectivity index (χ0n) is 18.3. The van der Waals surface area contributed by atoms with E-state index < -0.39 is 93.0 Å². The molecule has 37 heavy (non-hydrogen) atoms. The Morgan fingerprint density at radius 2 is 1.65 bits per heavy atom. The summed E-state index contributed by atoms with van der Waals surface area (Å²) in [5, 5.41) is 69.4. The fraction of sp³-hybridized carbons (Fsp3) is 0.286. The van der Waals surface area contributed by atoms with Crippen molar-refractivity contribution in [1.82, 2.24) is 0 Å². The van der Waals surface area contributed by atoms with E-state index in [1.165, 1.54) is 6.07 Å². The van der Waals surface area contributed by atoms with Gasteiger partial charge in [0.15, 0.2) is 17.3 Å². The minimum Gasteiger partial charge on any atom is -0.508 e. The lowest BCUT2D eigenvalue weighted by Gasteiger charge is -2.40. The number of hydrogen-bond acceptors (Lipinski definition) is 14. The van der Waals surface area contributed by atoms with Gasteiger partial charge in [0.05, 0.1) is 6.61 Å². The van der Waals surface area contributed by atoms with Crippen LogP contribution in [0.3, 0.4) is 0 Å². The van der Waals surface area contributed by atoms with Crippen molar-refractivity contribution in [2.24, 2.45) is 0 Å². The highest BCUT2D eigenvalue weighted by molar-refractivity contribution is 7.80. The Morgan fingerprint density at radius 1 is 0.946 bits per heavy atom. The Balaban J connectivity index is 1.89. The molecule has 200 valence electrons. The summed E-state index contributed by atoms with van der Waals surface area (Å²) in [5.74, 6) is -3.61. The van der Waals surface area contributed by atoms with Crippen molar-refractivity contribution in [2.45, 2.75) is 30.7 Å². The van der Waals surface area contributed by atoms with Gasteiger partial charge in [-0.15, -0.1) is 0 Å². The fourth-order valence-electron chi connectivity index (χ4n) is 3.75. The lowest BCUT2D eigenvalue weighted by molar-refractivity contribution is -0.272. The van der Waals surface area contributed by atoms with Crippen LogP contribution in [0.1, 0.15) is 0 Å². The van der Waals surface area contributed by atoms with Crippen LogP contribution in [0.2, 0.25) is 0 Å². The van der Waals surface area contributed by atoms with E-state index >= 15 is 0 Å². The minimum absolute atomic E-state index is 0.0816. The van der Waals surface area contributed by atoms with Crippen LogP contribution in [0.5, 0.6) is 28.7 Å². The first-order valence-electron chi connectivity index (χ1n) is 10.3. The summed E-state index contributed by atoms with van der Waals surface area (Å²) in [4.78, 5) is 13.4. The molecule has 1 fully saturated rings. The van der Waals surface area contributed by atoms with Gasteiger partial charge in [0.1, 0.15) is 46.9 Å². The van der Waals surface area contributed by atoms with Crippen molar-refractivity contribution in [3.8, 4) is 40.1 Å². The average Bonchev–Trinajstić information content (AvgIpc) is 2.80. The maximum absolute atomic E-state index is 13.4. The third kappa shape index (κ3) is 5.12. The molecule has 0 bridgehead atoms. The van der Waals surface area contributed by atoms with Crippen LogP contribution >= 0.6 is 0 Å². The molecule has 8 N–H and O–H groups in total. The number of fused-ring (bicyclic) bond motifs is 1. The Kier molecular flexibility index (Phi) is 6.91. The molecule has 1 saturated heterocycles. The highest BCUT2D eigenvalue weighted by Gasteiger charge is 2.49. The van der Waals surface area contributed by atoms with Gasteiger partial charge in [-0.05, 0) is 18.2 Å². The predicted molar refractivity (Wildman–Crippen MR) is 119 cm³/mol. The monoisotopic (exact) mass is 544 g/mol. The van der Waals surface area contributed by atoms with Crippen molar-refractivity contribution in [3.63, 3.8) is 0 Å². The summed E-state index contributed by atoms with van der Waals surface area (Å²) in [7, 11) is -5.23. The van der Waals surface area contributed by atoms with Gasteiger partial charge in [0.25, 0.3) is 0 Å². The van der Waals surface area contributed by atoms with Crippen molar-refractivity contribution >= 4 is 21.4 Å². The normalized spacial score (nSPS) is 24.3. The number of phenols is 4. The summed E-state index contributed by atoms with van der Waals surface area (Å²) in [6.45, 7) is -0.940. The third-order valence-electron chi connectivity index (χ3n) is 5.44. The van der Waals surface area contributed by atoms with Crippen LogP contribution in [-0.2, 0) is 19.3 Å². The zero-order chi connectivity index (χ0) is 27.2. The molecule has 1 aliphatic rings. The van der Waals surface area contributed by atoms with E-state index in [0.717, 1.165) is 24.3 Å². The van der Waals surface area contributed by atoms with Gasteiger partial charge in [-0.3, -0.25) is 9.35 Å². The summed E-state index contributed by atoms with van der Waals surface area (Å²) >= 11 is 0. The van der Waals surface area contributed by atoms with Crippen LogP contribution in [0, 0.1) is 0 Å². The van der Waals surface area contributed by atoms with E-state index in [9.17, 15) is 49.0 Å². The summed E-state index contributed by atoms with van der Waals surface area (Å²) in [6, 6.07) is 5.02. The number of benzene rings is 2. The van der Waals surface area contributed by atoms with E-state index in [1.54, 1.807) is 0 Å². The highest BCUT2D eigenvalue weighted by atomic mass is 32.3. The fourth-order valence-corrected chi connectivity index (χ4v) is 4.26. The molecule has 2 heterocycles. The van der Waals surface area contributed by atoms with Gasteiger partial charge in [0, 0.05) is 17.7 Å². The van der Waals surface area contributed by atoms with Crippen LogP contribution in [-0.4, -0.2) is 86.0 Å². The van der Waals surface area contributed by atoms with Crippen molar-refractivity contribution in [1.29, 1.82) is 0 Å². The smallest absolute Gasteiger partial charge is 0.397 e. The van der Waals surface area contributed by atoms with Crippen molar-refractivity contribution in [2.75, 3.05) is 6.61 Å². The molecular weight excluding hydrogens is 524 g/mol. The quantitative estimate of drug-likeness (QED) is 0.141. The number of aliphatic hydroxyl groups is 3. The molecule has 1 aliphatic heterocycles. The van der Waals surface area contributed by atoms with Gasteiger partial charge < -0.3 is 49.6 Å². The molecule has 0 amide bonds. The second-order valence-electron chi connectivity index (χ2n) is 7.94. The first-order chi connectivity index (χ1) is 17.3. The van der Waals surface area contributed by atoms with Crippen LogP contribution < -0.4 is 10.2 Å². The zero-order valence-corrected chi connectivity index (χ0v) is 19.1. The summed E-state index contributed by atoms with van der Waals surface area (Å²) in [6.07, 6.45) is -9.94. The molecule has 2 aromatic carbocycles. The van der Waals surface area contributed by atoms with Gasteiger partial charge in [-0.1, -0.05) is 0 Å². The molecule has 4 rings (SSSR count). The van der Waals surface area contributed by atoms with Crippen LogP contribution in [0.15, 0.2) is 39.5 Å². The molecule has 0 aliphatic carbocycles. The van der Waals surface area contributed by atoms with E-state index in [0.29, 0.717) is 0 Å². The third-order valence-corrected chi connectivity index (χ3v) is 5.91. The van der Waals surface area contributed by atoms with Gasteiger partial charge in [0.2, 0.25) is 17.5 Å². The maximum Gasteiger partial charge on any atom is 0.397 e. The van der Waals surface area contributed by atoms with Gasteiger partial charge in [-0.25, -0.2) is 4.18 Å². The standard InChI is InChI=1S/C21H20O15S/c22-6-13-15(27)19(36-37(30,31)32)17(29)21(34-13)35-20-16(28)14-11(26)4-8(23)5-12(14)33-18(20)7-1-2-9(24)10(25)3-7/h1-5,13,15,17,19,21-27,29H,6H2,(H,30,31,32). The molecule has 16 heteroatoms. The first kappa shape index (κ1) is 26.4. The molecule has 3 aromatic rings. The van der Waals surface area contributed by atoms with E-state index in [4.69, 9.17) is 18.4 Å². The van der Waals surface area contributed by atoms with Crippen LogP contribution in [0.4, 0.5) is 0 Å². The topological polar surface area (TPSA) is 254 Å². The second kappa shape index (κ2) is 9.67. The molecule has 15 nitrogen and oxygen atoms in total. The van der Waals surface area contributed by atoms with Crippen molar-refractivity contribution < 1.29 is 66.8 Å². The largest absolute Gasteiger partial charge is 0.508 e. The van der Waals surface area contributed by atoms with E-state index in [-0.39, 0.29) is 11.1 Å². The Labute approximate surface area is 206 Å². The summed E-state index contributed by atoms with van der Waals surface area (Å²) < 4.78 is 52.2. The number of hydrogen-bond donors (Lipinski definition) is 8. The van der Waals surface area contributed by atoms with E-state index in [1.807, 2.05) is 0 Å². The Bertz CT molecular complexity index is 1500. The van der Waals surface area contributed by atoms with Gasteiger partial charge >= 0.3 is 10.4 Å². The number of ether oxygens (including phenoxy) is 2. The SMILES string of the molecule is O=c1c(OC2OC(CO)C(O)C(OS(=O)(=O)O)C2O)c(-c2ccc(O)c(O)c2)oc2cc(O)cc(O)c12. The molecule has 0 radical (unpaired) electrons. The number of aliphatic hydroxyl groups excluding tert-OH is 3. The molecule has 5 unspecified atom stereocenters. The average molecular weight is 544 g/mol. The van der Waals surface area contributed by atoms with Crippen LogP contribution in [0.25, 0.3) is 22.3 Å². The van der Waals surface area contributed by atoms with E-state index in [2.05, 4.69) is 4.18 Å². The molecule has 0 saturated carbocycles. The molecule has 1 aromatic heterocycles. The summed E-state index contributed by atoms with van der Waals surface area (Å²) in [5.41, 5.74) is -1.50. The molecular formula is C21H20O15S. The van der Waals surface area contributed by atoms with Gasteiger partial charge in [-0.2, -0.15) is 8.42 Å². The number of phenolic OH excluding ortho intramolecular Hbond substituents is 4. The lowest BCUT2D eigenvalue weighted by atomic mass is 9.99. The molecule has 5 atom stereocenters. The number of aromatic hydroxyl groups is 4. The molecule has 0 spiro atoms. The second-order valence-corrected chi connectivity index (χ2v) is 8.99. The predicted octanol–water partition coefficient (Wildman–Crippen LogP) is -0.712. The maximum atomic E-state index is 13.4.